The highest BCUT2D eigenvalue weighted by Gasteiger charge is 2.13. The second kappa shape index (κ2) is 12.6. The van der Waals surface area contributed by atoms with Gasteiger partial charge in [-0.05, 0) is 12.2 Å². The van der Waals surface area contributed by atoms with Crippen molar-refractivity contribution in [2.45, 2.75) is 58.3 Å². The number of hydrogen-bond donors (Lipinski definition) is 3. The van der Waals surface area contributed by atoms with Gasteiger partial charge < -0.3 is 9.79 Å². The molecular formula is C13H27O5PS. The van der Waals surface area contributed by atoms with Crippen molar-refractivity contribution >= 4 is 23.6 Å². The molecule has 0 spiro atoms. The fraction of sp³-hybridized carbons (Fsp3) is 0.769. The van der Waals surface area contributed by atoms with Crippen LogP contribution >= 0.6 is 6.72 Å². The van der Waals surface area contributed by atoms with E-state index in [1.807, 2.05) is 0 Å². The van der Waals surface area contributed by atoms with Crippen LogP contribution in [0.1, 0.15) is 58.3 Å². The van der Waals surface area contributed by atoms with Gasteiger partial charge in [0.1, 0.15) is 0 Å². The van der Waals surface area contributed by atoms with Crippen LogP contribution in [-0.2, 0) is 25.3 Å². The van der Waals surface area contributed by atoms with Crippen LogP contribution in [0.4, 0.5) is 0 Å². The average Bonchev–Trinajstić information content (AvgIpc) is 2.43. The first-order chi connectivity index (χ1) is 9.52. The molecule has 2 N–H and O–H groups in total. The maximum atomic E-state index is 10.7. The summed E-state index contributed by atoms with van der Waals surface area (Å²) in [6.45, 7) is 1.78. The molecule has 7 heteroatoms. The number of carbonyl (C=O) groups excluding carboxylic acids is 1. The van der Waals surface area contributed by atoms with Crippen molar-refractivity contribution < 1.29 is 24.1 Å². The molecular weight excluding hydrogens is 299 g/mol. The van der Waals surface area contributed by atoms with Gasteiger partial charge in [-0.3, -0.25) is 4.89 Å². The molecule has 0 heterocycles. The number of rotatable bonds is 12. The van der Waals surface area contributed by atoms with Crippen LogP contribution in [0.25, 0.3) is 0 Å². The lowest BCUT2D eigenvalue weighted by molar-refractivity contribution is -0.211. The zero-order valence-corrected chi connectivity index (χ0v) is 14.0. The van der Waals surface area contributed by atoms with Gasteiger partial charge in [0.15, 0.2) is 0 Å². The summed E-state index contributed by atoms with van der Waals surface area (Å²) in [5.74, 6) is -0.207. The maximum Gasteiger partial charge on any atom is 0.365 e. The molecule has 120 valence electrons. The lowest BCUT2D eigenvalue weighted by Gasteiger charge is -2.09. The van der Waals surface area contributed by atoms with E-state index in [2.05, 4.69) is 23.1 Å². The number of carbonyl (C=O) groups is 1. The normalized spacial score (nSPS) is 11.3. The van der Waals surface area contributed by atoms with E-state index < -0.39 is 12.7 Å². The van der Waals surface area contributed by atoms with Crippen molar-refractivity contribution in [3.63, 3.8) is 0 Å². The topological polar surface area (TPSA) is 76.0 Å². The van der Waals surface area contributed by atoms with Crippen LogP contribution < -0.4 is 0 Å². The Bertz CT molecular complexity index is 327. The number of hydrogen-bond acceptors (Lipinski definition) is 3. The quantitative estimate of drug-likeness (QED) is 0.128. The molecule has 0 rings (SSSR count). The van der Waals surface area contributed by atoms with Gasteiger partial charge in [-0.2, -0.15) is 0 Å². The van der Waals surface area contributed by atoms with Gasteiger partial charge in [-0.1, -0.05) is 58.4 Å². The molecule has 0 aromatic carbocycles. The van der Waals surface area contributed by atoms with Crippen LogP contribution in [-0.4, -0.2) is 21.5 Å². The lowest BCUT2D eigenvalue weighted by Crippen LogP contribution is -2.01. The van der Waals surface area contributed by atoms with Crippen LogP contribution in [0.3, 0.4) is 0 Å². The molecule has 0 amide bonds. The Morgan fingerprint density at radius 2 is 1.70 bits per heavy atom. The van der Waals surface area contributed by atoms with Crippen molar-refractivity contribution in [2.24, 2.45) is 0 Å². The Kier molecular flexibility index (Phi) is 12.5. The predicted molar refractivity (Wildman–Crippen MR) is 85.0 cm³/mol. The Labute approximate surface area is 125 Å². The van der Waals surface area contributed by atoms with E-state index in [1.165, 1.54) is 38.5 Å². The fourth-order valence-electron chi connectivity index (χ4n) is 1.59. The molecule has 5 nitrogen and oxygen atoms in total. The molecule has 0 aliphatic rings. The van der Waals surface area contributed by atoms with Gasteiger partial charge >= 0.3 is 12.7 Å². The van der Waals surface area contributed by atoms with Gasteiger partial charge in [0.05, 0.1) is 0 Å². The van der Waals surface area contributed by atoms with E-state index in [9.17, 15) is 14.6 Å². The van der Waals surface area contributed by atoms with E-state index in [0.717, 1.165) is 18.9 Å². The third-order valence-electron chi connectivity index (χ3n) is 2.68. The summed E-state index contributed by atoms with van der Waals surface area (Å²) in [4.78, 5) is 33.8. The molecule has 0 fully saturated rings. The van der Waals surface area contributed by atoms with Crippen molar-refractivity contribution in [1.82, 2.24) is 0 Å². The van der Waals surface area contributed by atoms with E-state index in [-0.39, 0.29) is 0 Å². The third kappa shape index (κ3) is 12.9. The molecule has 0 aromatic rings. The van der Waals surface area contributed by atoms with Crippen molar-refractivity contribution in [1.29, 1.82) is 0 Å². The second-order valence-corrected chi connectivity index (χ2v) is 8.85. The molecule has 0 aliphatic carbocycles. The SMILES string of the molecule is C=CC(=O)OOP(O)(O)=[SH]CCCCCCCCCC. The summed E-state index contributed by atoms with van der Waals surface area (Å²) in [5.41, 5.74) is 0. The van der Waals surface area contributed by atoms with E-state index >= 15 is 0 Å². The van der Waals surface area contributed by atoms with Crippen LogP contribution in [0.2, 0.25) is 0 Å². The number of thiol groups is 1. The highest BCUT2D eigenvalue weighted by molar-refractivity contribution is 8.16. The van der Waals surface area contributed by atoms with Gasteiger partial charge in [-0.25, -0.2) is 4.79 Å². The summed E-state index contributed by atoms with van der Waals surface area (Å²) >= 11 is 0. The van der Waals surface area contributed by atoms with Crippen LogP contribution in [0.15, 0.2) is 12.7 Å². The molecule has 0 atom stereocenters. The minimum absolute atomic E-state index is 0.376. The largest absolute Gasteiger partial charge is 0.365 e. The van der Waals surface area contributed by atoms with E-state index in [4.69, 9.17) is 0 Å². The first-order valence-corrected chi connectivity index (χ1v) is 10.5. The summed E-state index contributed by atoms with van der Waals surface area (Å²) in [6.07, 6.45) is 10.5. The summed E-state index contributed by atoms with van der Waals surface area (Å²) in [7, 11) is 0.376. The smallest absolute Gasteiger partial charge is 0.326 e. The van der Waals surface area contributed by atoms with Gasteiger partial charge in [0.25, 0.3) is 0 Å². The highest BCUT2D eigenvalue weighted by Crippen LogP contribution is 2.39. The highest BCUT2D eigenvalue weighted by atomic mass is 32.5. The van der Waals surface area contributed by atoms with Crippen LogP contribution in [0, 0.1) is 0 Å². The molecule has 20 heavy (non-hydrogen) atoms. The third-order valence-corrected chi connectivity index (χ3v) is 5.75. The Morgan fingerprint density at radius 3 is 2.25 bits per heavy atom. The Hall–Kier alpha value is -0.130. The number of unbranched alkanes of at least 4 members (excludes halogenated alkanes) is 7. The van der Waals surface area contributed by atoms with E-state index in [1.54, 1.807) is 0 Å². The standard InChI is InChI=1S/C13H27O5PS/c1-3-5-6-7-8-9-10-11-12-20-19(15,16)18-17-13(14)4-2/h4,15-16,20H,2-3,5-12H2,1H3. The fourth-order valence-corrected chi connectivity index (χ4v) is 3.88. The van der Waals surface area contributed by atoms with Gasteiger partial charge in [-0.15, -0.1) is 15.6 Å². The molecule has 0 saturated heterocycles. The molecule has 0 bridgehead atoms. The van der Waals surface area contributed by atoms with Gasteiger partial charge in [0.2, 0.25) is 0 Å². The molecule has 0 aromatic heterocycles. The van der Waals surface area contributed by atoms with Crippen molar-refractivity contribution in [3.05, 3.63) is 12.7 Å². The molecule has 0 aliphatic heterocycles. The van der Waals surface area contributed by atoms with Crippen molar-refractivity contribution in [3.8, 4) is 0 Å². The summed E-state index contributed by atoms with van der Waals surface area (Å²) in [5, 5.41) is 0. The lowest BCUT2D eigenvalue weighted by atomic mass is 10.1. The Balaban J connectivity index is 3.61. The molecule has 0 radical (unpaired) electrons. The molecule has 0 saturated carbocycles. The minimum atomic E-state index is -3.60. The van der Waals surface area contributed by atoms with Crippen molar-refractivity contribution in [2.75, 3.05) is 5.75 Å². The Morgan fingerprint density at radius 1 is 1.15 bits per heavy atom. The summed E-state index contributed by atoms with van der Waals surface area (Å²) < 4.78 is 4.34. The molecule has 0 unspecified atom stereocenters. The summed E-state index contributed by atoms with van der Waals surface area (Å²) in [6, 6.07) is 0. The van der Waals surface area contributed by atoms with Crippen LogP contribution in [0.5, 0.6) is 0 Å². The monoisotopic (exact) mass is 326 g/mol. The zero-order chi connectivity index (χ0) is 15.3. The van der Waals surface area contributed by atoms with E-state index in [0.29, 0.717) is 16.7 Å². The first kappa shape index (κ1) is 19.9. The minimum Gasteiger partial charge on any atom is -0.326 e. The second-order valence-electron chi connectivity index (χ2n) is 4.53. The zero-order valence-electron chi connectivity index (χ0n) is 12.2. The van der Waals surface area contributed by atoms with Gasteiger partial charge in [0, 0.05) is 6.08 Å². The maximum absolute atomic E-state index is 10.7. The average molecular weight is 326 g/mol. The predicted octanol–water partition coefficient (Wildman–Crippen LogP) is 3.27. The first-order valence-electron chi connectivity index (χ1n) is 7.08.